The molecule has 4 nitrogen and oxygen atoms in total. The number of aliphatic carboxylic acids is 1. The first-order valence-electron chi connectivity index (χ1n) is 12.8. The van der Waals surface area contributed by atoms with Crippen molar-refractivity contribution in [3.8, 4) is 5.75 Å². The van der Waals surface area contributed by atoms with Gasteiger partial charge >= 0.3 is 5.97 Å². The molecule has 1 aliphatic heterocycles. The molecule has 0 bridgehead atoms. The second-order valence-electron chi connectivity index (χ2n) is 11.2. The van der Waals surface area contributed by atoms with Gasteiger partial charge in [0, 0.05) is 12.1 Å². The van der Waals surface area contributed by atoms with Crippen LogP contribution in [0.3, 0.4) is 0 Å². The Balaban J connectivity index is 1.63. The molecule has 1 fully saturated rings. The van der Waals surface area contributed by atoms with Gasteiger partial charge in [-0.3, -0.25) is 0 Å². The smallest absolute Gasteiger partial charge is 0.352 e. The van der Waals surface area contributed by atoms with Gasteiger partial charge in [-0.1, -0.05) is 81.5 Å². The molecule has 1 saturated carbocycles. The van der Waals surface area contributed by atoms with Gasteiger partial charge in [0.2, 0.25) is 0 Å². The van der Waals surface area contributed by atoms with Crippen LogP contribution in [0, 0.1) is 5.92 Å². The largest absolute Gasteiger partial charge is 0.497 e. The van der Waals surface area contributed by atoms with Gasteiger partial charge < -0.3 is 14.7 Å². The highest BCUT2D eigenvalue weighted by Gasteiger charge is 2.39. The fourth-order valence-electron chi connectivity index (χ4n) is 5.23. The number of methoxy groups -OCH3 is 1. The van der Waals surface area contributed by atoms with Crippen molar-refractivity contribution in [2.75, 3.05) is 7.11 Å². The lowest BCUT2D eigenvalue weighted by atomic mass is 9.85. The van der Waals surface area contributed by atoms with Crippen LogP contribution in [-0.4, -0.2) is 29.1 Å². The Bertz CT molecular complexity index is 1280. The van der Waals surface area contributed by atoms with Crippen LogP contribution in [0.1, 0.15) is 56.7 Å². The Hall–Kier alpha value is -3.53. The number of benzene rings is 2. The predicted molar refractivity (Wildman–Crippen MR) is 145 cm³/mol. The van der Waals surface area contributed by atoms with Crippen LogP contribution in [-0.2, 0) is 16.8 Å². The summed E-state index contributed by atoms with van der Waals surface area (Å²) in [4.78, 5) is 14.9. The first-order chi connectivity index (χ1) is 17.2. The van der Waals surface area contributed by atoms with Crippen molar-refractivity contribution in [2.24, 2.45) is 5.92 Å². The monoisotopic (exact) mass is 481 g/mol. The van der Waals surface area contributed by atoms with Crippen molar-refractivity contribution in [3.63, 3.8) is 0 Å². The predicted octanol–water partition coefficient (Wildman–Crippen LogP) is 6.90. The maximum Gasteiger partial charge on any atom is 0.352 e. The third-order valence-electron chi connectivity index (χ3n) is 7.36. The van der Waals surface area contributed by atoms with E-state index in [-0.39, 0.29) is 11.5 Å². The van der Waals surface area contributed by atoms with Gasteiger partial charge in [0.05, 0.1) is 13.2 Å². The minimum atomic E-state index is -0.900. The molecule has 186 valence electrons. The molecular weight excluding hydrogens is 446 g/mol. The first kappa shape index (κ1) is 24.2. The number of allylic oxidation sites excluding steroid dienone is 4. The van der Waals surface area contributed by atoms with Crippen molar-refractivity contribution < 1.29 is 14.6 Å². The zero-order valence-corrected chi connectivity index (χ0v) is 21.6. The van der Waals surface area contributed by atoms with Gasteiger partial charge in [-0.05, 0) is 70.6 Å². The summed E-state index contributed by atoms with van der Waals surface area (Å²) in [7, 11) is 1.65. The fourth-order valence-corrected chi connectivity index (χ4v) is 5.23. The molecule has 2 aliphatic carbocycles. The van der Waals surface area contributed by atoms with Gasteiger partial charge in [-0.25, -0.2) is 4.79 Å². The highest BCUT2D eigenvalue weighted by molar-refractivity contribution is 6.03. The highest BCUT2D eigenvalue weighted by atomic mass is 16.5. The van der Waals surface area contributed by atoms with Crippen molar-refractivity contribution in [2.45, 2.75) is 58.0 Å². The van der Waals surface area contributed by atoms with Crippen LogP contribution in [0.5, 0.6) is 5.75 Å². The lowest BCUT2D eigenvalue weighted by Crippen LogP contribution is -2.31. The molecule has 0 amide bonds. The summed E-state index contributed by atoms with van der Waals surface area (Å²) in [5, 5.41) is 10.5. The number of carboxylic acid groups (broad SMARTS) is 1. The molecule has 36 heavy (non-hydrogen) atoms. The van der Waals surface area contributed by atoms with Gasteiger partial charge in [-0.15, -0.1) is 0 Å². The second-order valence-corrected chi connectivity index (χ2v) is 11.2. The zero-order chi connectivity index (χ0) is 25.4. The molecule has 4 heteroatoms. The van der Waals surface area contributed by atoms with E-state index in [4.69, 9.17) is 4.74 Å². The Labute approximate surface area is 214 Å². The SMILES string of the molecule is COc1cccc(CN2C(C(=O)O)=C(c3ccc(C(C)(C)C)cc3)C3=CC(CC4CC4)=CC=CC32)c1. The molecule has 1 unspecified atom stereocenters. The van der Waals surface area contributed by atoms with Crippen LogP contribution >= 0.6 is 0 Å². The van der Waals surface area contributed by atoms with Crippen LogP contribution in [0.2, 0.25) is 0 Å². The summed E-state index contributed by atoms with van der Waals surface area (Å²) in [6, 6.07) is 16.2. The Kier molecular flexibility index (Phi) is 6.38. The Morgan fingerprint density at radius 1 is 1.11 bits per heavy atom. The van der Waals surface area contributed by atoms with Gasteiger partial charge in [0.15, 0.2) is 0 Å². The number of carboxylic acids is 1. The zero-order valence-electron chi connectivity index (χ0n) is 21.6. The third-order valence-corrected chi connectivity index (χ3v) is 7.36. The van der Waals surface area contributed by atoms with Gasteiger partial charge in [0.1, 0.15) is 11.4 Å². The lowest BCUT2D eigenvalue weighted by Gasteiger charge is -2.26. The first-order valence-corrected chi connectivity index (χ1v) is 12.8. The molecule has 0 aromatic heterocycles. The average Bonchev–Trinajstić information content (AvgIpc) is 3.64. The van der Waals surface area contributed by atoms with Crippen molar-refractivity contribution in [3.05, 3.63) is 106 Å². The summed E-state index contributed by atoms with van der Waals surface area (Å²) in [5.74, 6) is 0.624. The van der Waals surface area contributed by atoms with Crippen molar-refractivity contribution in [1.29, 1.82) is 0 Å². The number of fused-ring (bicyclic) bond motifs is 1. The number of rotatable bonds is 7. The maximum absolute atomic E-state index is 12.8. The molecule has 2 aromatic rings. The van der Waals surface area contributed by atoms with Gasteiger partial charge in [0.25, 0.3) is 0 Å². The second kappa shape index (κ2) is 9.50. The number of nitrogens with zero attached hydrogens (tertiary/aromatic N) is 1. The standard InChI is InChI=1S/C32H35NO3/c1-32(2,3)25-15-13-24(14-16-25)29-27-19-22(17-21-11-12-21)7-6-10-28(27)33(30(29)31(34)35)20-23-8-5-9-26(18-23)36-4/h5-10,13-16,18-19,21,28H,11-12,17,20H2,1-4H3,(H,34,35). The normalized spacial score (nSPS) is 19.6. The molecule has 0 spiro atoms. The van der Waals surface area contributed by atoms with E-state index in [0.29, 0.717) is 12.2 Å². The summed E-state index contributed by atoms with van der Waals surface area (Å²) in [5.41, 5.74) is 6.76. The van der Waals surface area contributed by atoms with Gasteiger partial charge in [-0.2, -0.15) is 0 Å². The van der Waals surface area contributed by atoms with E-state index >= 15 is 0 Å². The fraction of sp³-hybridized carbons (Fsp3) is 0.344. The van der Waals surface area contributed by atoms with E-state index < -0.39 is 5.97 Å². The summed E-state index contributed by atoms with van der Waals surface area (Å²) >= 11 is 0. The van der Waals surface area contributed by atoms with Crippen molar-refractivity contribution >= 4 is 11.5 Å². The molecule has 0 saturated heterocycles. The minimum Gasteiger partial charge on any atom is -0.497 e. The number of ether oxygens (including phenoxy) is 1. The molecule has 5 rings (SSSR count). The van der Waals surface area contributed by atoms with Crippen LogP contribution < -0.4 is 4.74 Å². The summed E-state index contributed by atoms with van der Waals surface area (Å²) < 4.78 is 5.43. The topological polar surface area (TPSA) is 49.8 Å². The van der Waals surface area contributed by atoms with E-state index in [1.807, 2.05) is 29.2 Å². The van der Waals surface area contributed by atoms with E-state index in [1.165, 1.54) is 24.0 Å². The Morgan fingerprint density at radius 2 is 1.86 bits per heavy atom. The van der Waals surface area contributed by atoms with Crippen LogP contribution in [0.4, 0.5) is 0 Å². The van der Waals surface area contributed by atoms with E-state index in [0.717, 1.165) is 40.4 Å². The molecule has 0 radical (unpaired) electrons. The van der Waals surface area contributed by atoms with Crippen LogP contribution in [0.25, 0.3) is 5.57 Å². The molecule has 3 aliphatic rings. The third kappa shape index (κ3) is 4.90. The molecular formula is C32H35NO3. The number of carbonyl (C=O) groups is 1. The number of hydrogen-bond donors (Lipinski definition) is 1. The maximum atomic E-state index is 12.8. The molecule has 1 heterocycles. The summed E-state index contributed by atoms with van der Waals surface area (Å²) in [6.07, 6.45) is 12.3. The highest BCUT2D eigenvalue weighted by Crippen LogP contribution is 2.45. The van der Waals surface area contributed by atoms with E-state index in [2.05, 4.69) is 69.3 Å². The Morgan fingerprint density at radius 3 is 2.50 bits per heavy atom. The van der Waals surface area contributed by atoms with Crippen molar-refractivity contribution in [1.82, 2.24) is 4.90 Å². The van der Waals surface area contributed by atoms with E-state index in [1.54, 1.807) is 7.11 Å². The molecule has 2 aromatic carbocycles. The average molecular weight is 482 g/mol. The lowest BCUT2D eigenvalue weighted by molar-refractivity contribution is -0.134. The summed E-state index contributed by atoms with van der Waals surface area (Å²) in [6.45, 7) is 7.06. The molecule has 1 atom stereocenters. The number of hydrogen-bond acceptors (Lipinski definition) is 3. The van der Waals surface area contributed by atoms with E-state index in [9.17, 15) is 9.90 Å². The van der Waals surface area contributed by atoms with Crippen LogP contribution in [0.15, 0.2) is 89.7 Å². The minimum absolute atomic E-state index is 0.0314. The molecule has 1 N–H and O–H groups in total. The quantitative estimate of drug-likeness (QED) is 0.468.